The molecule has 1 unspecified atom stereocenters. The molecule has 0 N–H and O–H groups in total. The molecule has 0 amide bonds. The molecule has 0 spiro atoms. The lowest BCUT2D eigenvalue weighted by Crippen LogP contribution is -2.55. The summed E-state index contributed by atoms with van der Waals surface area (Å²) in [5.74, 6) is 0. The molecule has 27 heavy (non-hydrogen) atoms. The molecule has 4 rings (SSSR count). The van der Waals surface area contributed by atoms with Gasteiger partial charge in [0, 0.05) is 50.3 Å². The van der Waals surface area contributed by atoms with Crippen LogP contribution < -0.4 is 0 Å². The summed E-state index contributed by atoms with van der Waals surface area (Å²) in [6.45, 7) is 7.12. The van der Waals surface area contributed by atoms with Crippen LogP contribution in [0.1, 0.15) is 24.0 Å². The van der Waals surface area contributed by atoms with Crippen molar-refractivity contribution in [3.05, 3.63) is 70.7 Å². The Morgan fingerprint density at radius 1 is 0.667 bits per heavy atom. The predicted molar refractivity (Wildman–Crippen MR) is 113 cm³/mol. The standard InChI is InChI=1S/C23H30ClN3/c24-22-10-8-21(9-11-22)19-23(18-20-6-2-1-3-7-20)25-14-16-27(17-15-25)26-12-4-5-13-26/h1-3,6-11,23H,4-5,12-19H2. The molecule has 2 aliphatic heterocycles. The van der Waals surface area contributed by atoms with Crippen LogP contribution in [0, 0.1) is 0 Å². The van der Waals surface area contributed by atoms with Crippen molar-refractivity contribution < 1.29 is 0 Å². The van der Waals surface area contributed by atoms with Crippen LogP contribution >= 0.6 is 11.6 Å². The van der Waals surface area contributed by atoms with Gasteiger partial charge in [-0.05, 0) is 48.9 Å². The van der Waals surface area contributed by atoms with Gasteiger partial charge in [-0.2, -0.15) is 0 Å². The third-order valence-electron chi connectivity index (χ3n) is 5.99. The zero-order valence-corrected chi connectivity index (χ0v) is 16.8. The third-order valence-corrected chi connectivity index (χ3v) is 6.24. The van der Waals surface area contributed by atoms with Crippen LogP contribution in [0.15, 0.2) is 54.6 Å². The molecular formula is C23H30ClN3. The highest BCUT2D eigenvalue weighted by Crippen LogP contribution is 2.20. The van der Waals surface area contributed by atoms with Crippen molar-refractivity contribution in [3.8, 4) is 0 Å². The van der Waals surface area contributed by atoms with E-state index in [-0.39, 0.29) is 0 Å². The van der Waals surface area contributed by atoms with Gasteiger partial charge in [0.2, 0.25) is 0 Å². The van der Waals surface area contributed by atoms with Crippen LogP contribution in [0.2, 0.25) is 5.02 Å². The van der Waals surface area contributed by atoms with Crippen molar-refractivity contribution in [3.63, 3.8) is 0 Å². The molecule has 0 bridgehead atoms. The smallest absolute Gasteiger partial charge is 0.0406 e. The van der Waals surface area contributed by atoms with Gasteiger partial charge in [0.25, 0.3) is 0 Å². The van der Waals surface area contributed by atoms with Gasteiger partial charge >= 0.3 is 0 Å². The number of hydrazine groups is 1. The van der Waals surface area contributed by atoms with Crippen molar-refractivity contribution in [2.75, 3.05) is 39.3 Å². The summed E-state index contributed by atoms with van der Waals surface area (Å²) in [7, 11) is 0. The molecule has 2 aromatic carbocycles. The highest BCUT2D eigenvalue weighted by Gasteiger charge is 2.28. The van der Waals surface area contributed by atoms with Crippen molar-refractivity contribution in [1.82, 2.24) is 14.9 Å². The fraction of sp³-hybridized carbons (Fsp3) is 0.478. The highest BCUT2D eigenvalue weighted by molar-refractivity contribution is 6.30. The molecular weight excluding hydrogens is 354 g/mol. The Balaban J connectivity index is 1.43. The first-order valence-electron chi connectivity index (χ1n) is 10.3. The van der Waals surface area contributed by atoms with Gasteiger partial charge in [-0.1, -0.05) is 54.1 Å². The number of hydrogen-bond acceptors (Lipinski definition) is 3. The Morgan fingerprint density at radius 3 is 1.85 bits per heavy atom. The van der Waals surface area contributed by atoms with Crippen LogP contribution in [0.5, 0.6) is 0 Å². The minimum Gasteiger partial charge on any atom is -0.297 e. The van der Waals surface area contributed by atoms with E-state index in [0.29, 0.717) is 6.04 Å². The second-order valence-electron chi connectivity index (χ2n) is 7.82. The van der Waals surface area contributed by atoms with Gasteiger partial charge in [0.05, 0.1) is 0 Å². The molecule has 1 atom stereocenters. The number of benzene rings is 2. The molecule has 2 saturated heterocycles. The monoisotopic (exact) mass is 383 g/mol. The van der Waals surface area contributed by atoms with E-state index in [9.17, 15) is 0 Å². The third kappa shape index (κ3) is 5.11. The van der Waals surface area contributed by atoms with E-state index >= 15 is 0 Å². The largest absolute Gasteiger partial charge is 0.297 e. The van der Waals surface area contributed by atoms with E-state index in [2.05, 4.69) is 57.4 Å². The number of piperazine rings is 1. The van der Waals surface area contributed by atoms with Gasteiger partial charge < -0.3 is 0 Å². The number of hydrogen-bond donors (Lipinski definition) is 0. The summed E-state index contributed by atoms with van der Waals surface area (Å²) in [5, 5.41) is 5.98. The SMILES string of the molecule is Clc1ccc(CC(Cc2ccccc2)N2CCN(N3CCCC3)CC2)cc1. The van der Waals surface area contributed by atoms with Crippen molar-refractivity contribution >= 4 is 11.6 Å². The fourth-order valence-corrected chi connectivity index (χ4v) is 4.58. The second kappa shape index (κ2) is 9.20. The number of nitrogens with zero attached hydrogens (tertiary/aromatic N) is 3. The summed E-state index contributed by atoms with van der Waals surface area (Å²) < 4.78 is 0. The zero-order chi connectivity index (χ0) is 18.5. The molecule has 2 aliphatic rings. The van der Waals surface area contributed by atoms with Gasteiger partial charge in [-0.15, -0.1) is 0 Å². The summed E-state index contributed by atoms with van der Waals surface area (Å²) in [6, 6.07) is 19.9. The Hall–Kier alpha value is -1.39. The van der Waals surface area contributed by atoms with Crippen LogP contribution in [0.25, 0.3) is 0 Å². The molecule has 0 saturated carbocycles. The first kappa shape index (κ1) is 18.9. The van der Waals surface area contributed by atoms with Crippen LogP contribution in [0.4, 0.5) is 0 Å². The Kier molecular flexibility index (Phi) is 6.46. The topological polar surface area (TPSA) is 9.72 Å². The van der Waals surface area contributed by atoms with E-state index in [1.807, 2.05) is 12.1 Å². The Morgan fingerprint density at radius 2 is 1.22 bits per heavy atom. The lowest BCUT2D eigenvalue weighted by molar-refractivity contribution is -0.0484. The number of halogens is 1. The van der Waals surface area contributed by atoms with E-state index in [1.165, 1.54) is 37.1 Å². The maximum absolute atomic E-state index is 6.08. The van der Waals surface area contributed by atoms with E-state index in [0.717, 1.165) is 44.0 Å². The van der Waals surface area contributed by atoms with Gasteiger partial charge in [0.15, 0.2) is 0 Å². The summed E-state index contributed by atoms with van der Waals surface area (Å²) in [6.07, 6.45) is 4.89. The molecule has 0 aliphatic carbocycles. The fourth-order valence-electron chi connectivity index (χ4n) is 4.45. The Bertz CT molecular complexity index is 689. The maximum atomic E-state index is 6.08. The Labute approximate surface area is 168 Å². The van der Waals surface area contributed by atoms with Crippen LogP contribution in [-0.2, 0) is 12.8 Å². The van der Waals surface area contributed by atoms with E-state index in [4.69, 9.17) is 11.6 Å². The molecule has 3 nitrogen and oxygen atoms in total. The van der Waals surface area contributed by atoms with Crippen molar-refractivity contribution in [2.24, 2.45) is 0 Å². The van der Waals surface area contributed by atoms with Crippen LogP contribution in [0.3, 0.4) is 0 Å². The molecule has 0 radical (unpaired) electrons. The van der Waals surface area contributed by atoms with E-state index < -0.39 is 0 Å². The molecule has 2 heterocycles. The molecule has 0 aromatic heterocycles. The maximum Gasteiger partial charge on any atom is 0.0406 e. The summed E-state index contributed by atoms with van der Waals surface area (Å²) in [5.41, 5.74) is 2.81. The summed E-state index contributed by atoms with van der Waals surface area (Å²) >= 11 is 6.08. The lowest BCUT2D eigenvalue weighted by Gasteiger charge is -2.42. The molecule has 4 heteroatoms. The van der Waals surface area contributed by atoms with E-state index in [1.54, 1.807) is 0 Å². The average Bonchev–Trinajstić information content (AvgIpc) is 3.25. The minimum atomic E-state index is 0.536. The average molecular weight is 384 g/mol. The number of rotatable bonds is 6. The second-order valence-corrected chi connectivity index (χ2v) is 8.26. The minimum absolute atomic E-state index is 0.536. The van der Waals surface area contributed by atoms with Gasteiger partial charge in [0.1, 0.15) is 0 Å². The molecule has 2 fully saturated rings. The quantitative estimate of drug-likeness (QED) is 0.742. The highest BCUT2D eigenvalue weighted by atomic mass is 35.5. The van der Waals surface area contributed by atoms with Crippen molar-refractivity contribution in [2.45, 2.75) is 31.7 Å². The van der Waals surface area contributed by atoms with Crippen LogP contribution in [-0.4, -0.2) is 60.2 Å². The van der Waals surface area contributed by atoms with Crippen molar-refractivity contribution in [1.29, 1.82) is 0 Å². The first-order valence-corrected chi connectivity index (χ1v) is 10.7. The van der Waals surface area contributed by atoms with Gasteiger partial charge in [-0.25, -0.2) is 10.0 Å². The predicted octanol–water partition coefficient (Wildman–Crippen LogP) is 4.12. The normalized spacial score (nSPS) is 20.8. The van der Waals surface area contributed by atoms with Gasteiger partial charge in [-0.3, -0.25) is 4.90 Å². The molecule has 144 valence electrons. The zero-order valence-electron chi connectivity index (χ0n) is 16.1. The lowest BCUT2D eigenvalue weighted by atomic mass is 9.97. The summed E-state index contributed by atoms with van der Waals surface area (Å²) in [4.78, 5) is 2.70. The molecule has 2 aromatic rings. The first-order chi connectivity index (χ1) is 13.3.